The molecule has 1 fully saturated rings. The van der Waals surface area contributed by atoms with Crippen molar-refractivity contribution in [1.29, 1.82) is 0 Å². The van der Waals surface area contributed by atoms with Gasteiger partial charge in [-0.2, -0.15) is 0 Å². The highest BCUT2D eigenvalue weighted by Gasteiger charge is 2.34. The molecule has 1 aromatic rings. The summed E-state index contributed by atoms with van der Waals surface area (Å²) in [5.74, 6) is 0.711. The van der Waals surface area contributed by atoms with E-state index in [0.717, 1.165) is 31.4 Å². The van der Waals surface area contributed by atoms with Crippen molar-refractivity contribution in [2.75, 3.05) is 24.2 Å². The molecule has 0 unspecified atom stereocenters. The van der Waals surface area contributed by atoms with Crippen LogP contribution < -0.4 is 15.8 Å². The van der Waals surface area contributed by atoms with Gasteiger partial charge in [-0.05, 0) is 37.8 Å². The van der Waals surface area contributed by atoms with Crippen molar-refractivity contribution in [1.82, 2.24) is 0 Å². The number of hydrogen-bond acceptors (Lipinski definition) is 4. The molecule has 0 spiro atoms. The summed E-state index contributed by atoms with van der Waals surface area (Å²) < 4.78 is 5.57. The van der Waals surface area contributed by atoms with Crippen LogP contribution in [0.3, 0.4) is 0 Å². The van der Waals surface area contributed by atoms with Gasteiger partial charge in [-0.15, -0.1) is 0 Å². The maximum atomic E-state index is 10.0. The summed E-state index contributed by atoms with van der Waals surface area (Å²) in [5.41, 5.74) is 6.95. The molecule has 100 valence electrons. The van der Waals surface area contributed by atoms with E-state index in [2.05, 4.69) is 12.2 Å². The van der Waals surface area contributed by atoms with Gasteiger partial charge < -0.3 is 20.9 Å². The normalized spacial score (nSPS) is 17.0. The molecule has 0 atom stereocenters. The fourth-order valence-electron chi connectivity index (χ4n) is 2.06. The third kappa shape index (κ3) is 2.88. The second-order valence-electron chi connectivity index (χ2n) is 5.00. The van der Waals surface area contributed by atoms with Gasteiger partial charge in [0.05, 0.1) is 23.6 Å². The summed E-state index contributed by atoms with van der Waals surface area (Å²) in [6.45, 7) is 3.27. The van der Waals surface area contributed by atoms with Gasteiger partial charge in [-0.1, -0.05) is 13.0 Å². The van der Waals surface area contributed by atoms with Gasteiger partial charge in [0.1, 0.15) is 5.75 Å². The van der Waals surface area contributed by atoms with Crippen LogP contribution in [0.2, 0.25) is 0 Å². The van der Waals surface area contributed by atoms with Gasteiger partial charge in [0.15, 0.2) is 0 Å². The predicted octanol–water partition coefficient (Wildman–Crippen LogP) is 2.38. The number of nitrogens with one attached hydrogen (secondary N) is 1. The van der Waals surface area contributed by atoms with E-state index in [0.29, 0.717) is 24.6 Å². The Morgan fingerprint density at radius 1 is 1.44 bits per heavy atom. The first kappa shape index (κ1) is 13.0. The van der Waals surface area contributed by atoms with E-state index in [-0.39, 0.29) is 0 Å². The van der Waals surface area contributed by atoms with E-state index in [1.165, 1.54) is 0 Å². The van der Waals surface area contributed by atoms with Crippen LogP contribution >= 0.6 is 0 Å². The van der Waals surface area contributed by atoms with E-state index >= 15 is 0 Å². The molecule has 1 aromatic carbocycles. The molecule has 4 heteroatoms. The second-order valence-corrected chi connectivity index (χ2v) is 5.00. The zero-order chi connectivity index (χ0) is 13.0. The van der Waals surface area contributed by atoms with E-state index in [9.17, 15) is 5.11 Å². The highest BCUT2D eigenvalue weighted by molar-refractivity contribution is 5.73. The molecule has 0 bridgehead atoms. The summed E-state index contributed by atoms with van der Waals surface area (Å²) in [6.07, 6.45) is 3.79. The molecule has 4 nitrogen and oxygen atoms in total. The van der Waals surface area contributed by atoms with E-state index < -0.39 is 5.60 Å². The SMILES string of the molecule is CCCOc1cccc(NCC2(O)CCC2)c1N. The summed E-state index contributed by atoms with van der Waals surface area (Å²) in [4.78, 5) is 0. The lowest BCUT2D eigenvalue weighted by atomic mass is 9.80. The van der Waals surface area contributed by atoms with Crippen molar-refractivity contribution in [3.05, 3.63) is 18.2 Å². The summed E-state index contributed by atoms with van der Waals surface area (Å²) in [7, 11) is 0. The van der Waals surface area contributed by atoms with Crippen LogP contribution in [0.25, 0.3) is 0 Å². The van der Waals surface area contributed by atoms with Crippen LogP contribution in [-0.2, 0) is 0 Å². The number of rotatable bonds is 6. The molecule has 0 aliphatic heterocycles. The Labute approximate surface area is 108 Å². The van der Waals surface area contributed by atoms with Crippen molar-refractivity contribution in [3.63, 3.8) is 0 Å². The molecule has 1 saturated carbocycles. The quantitative estimate of drug-likeness (QED) is 0.678. The molecule has 0 aromatic heterocycles. The number of anilines is 2. The Morgan fingerprint density at radius 3 is 2.83 bits per heavy atom. The standard InChI is InChI=1S/C14H22N2O2/c1-2-9-18-12-6-3-5-11(13(12)15)16-10-14(17)7-4-8-14/h3,5-6,16-17H,2,4,7-10,15H2,1H3. The van der Waals surface area contributed by atoms with Crippen molar-refractivity contribution in [3.8, 4) is 5.75 Å². The molecule has 0 radical (unpaired) electrons. The van der Waals surface area contributed by atoms with Gasteiger partial charge >= 0.3 is 0 Å². The minimum Gasteiger partial charge on any atom is -0.491 e. The smallest absolute Gasteiger partial charge is 0.144 e. The molecule has 2 rings (SSSR count). The number of hydrogen-bond donors (Lipinski definition) is 3. The van der Waals surface area contributed by atoms with E-state index in [4.69, 9.17) is 10.5 Å². The van der Waals surface area contributed by atoms with Crippen LogP contribution in [0.4, 0.5) is 11.4 Å². The van der Waals surface area contributed by atoms with Crippen LogP contribution in [0.15, 0.2) is 18.2 Å². The summed E-state index contributed by atoms with van der Waals surface area (Å²) >= 11 is 0. The highest BCUT2D eigenvalue weighted by Crippen LogP contribution is 2.34. The first-order valence-corrected chi connectivity index (χ1v) is 6.62. The van der Waals surface area contributed by atoms with Crippen LogP contribution in [0, 0.1) is 0 Å². The Balaban J connectivity index is 1.99. The van der Waals surface area contributed by atoms with Gasteiger partial charge in [-0.25, -0.2) is 0 Å². The Hall–Kier alpha value is -1.42. The van der Waals surface area contributed by atoms with Gasteiger partial charge in [0, 0.05) is 6.54 Å². The first-order valence-electron chi connectivity index (χ1n) is 6.62. The molecular formula is C14H22N2O2. The van der Waals surface area contributed by atoms with Gasteiger partial charge in [0.2, 0.25) is 0 Å². The topological polar surface area (TPSA) is 67.5 Å². The third-order valence-electron chi connectivity index (χ3n) is 3.42. The fraction of sp³-hybridized carbons (Fsp3) is 0.571. The van der Waals surface area contributed by atoms with E-state index in [1.807, 2.05) is 18.2 Å². The number of benzene rings is 1. The number of para-hydroxylation sites is 1. The number of ether oxygens (including phenoxy) is 1. The lowest BCUT2D eigenvalue weighted by Crippen LogP contribution is -2.43. The van der Waals surface area contributed by atoms with Gasteiger partial charge in [0.25, 0.3) is 0 Å². The molecule has 1 aliphatic carbocycles. The number of nitrogen functional groups attached to an aromatic ring is 1. The van der Waals surface area contributed by atoms with Crippen molar-refractivity contribution < 1.29 is 9.84 Å². The molecule has 0 saturated heterocycles. The minimum absolute atomic E-state index is 0.549. The molecule has 1 aliphatic rings. The lowest BCUT2D eigenvalue weighted by Gasteiger charge is -2.37. The first-order chi connectivity index (χ1) is 8.64. The number of aliphatic hydroxyl groups is 1. The molecular weight excluding hydrogens is 228 g/mol. The number of nitrogens with two attached hydrogens (primary N) is 1. The van der Waals surface area contributed by atoms with Crippen LogP contribution in [-0.4, -0.2) is 23.9 Å². The largest absolute Gasteiger partial charge is 0.491 e. The van der Waals surface area contributed by atoms with Crippen molar-refractivity contribution in [2.45, 2.75) is 38.2 Å². The summed E-state index contributed by atoms with van der Waals surface area (Å²) in [6, 6.07) is 5.69. The zero-order valence-corrected chi connectivity index (χ0v) is 10.9. The summed E-state index contributed by atoms with van der Waals surface area (Å²) in [5, 5.41) is 13.3. The minimum atomic E-state index is -0.549. The Bertz CT molecular complexity index is 403. The third-order valence-corrected chi connectivity index (χ3v) is 3.42. The molecule has 0 amide bonds. The fourth-order valence-corrected chi connectivity index (χ4v) is 2.06. The zero-order valence-electron chi connectivity index (χ0n) is 10.9. The average molecular weight is 250 g/mol. The Morgan fingerprint density at radius 2 is 2.22 bits per heavy atom. The lowest BCUT2D eigenvalue weighted by molar-refractivity contribution is -0.0201. The monoisotopic (exact) mass is 250 g/mol. The van der Waals surface area contributed by atoms with E-state index in [1.54, 1.807) is 0 Å². The average Bonchev–Trinajstić information content (AvgIpc) is 2.34. The molecule has 0 heterocycles. The van der Waals surface area contributed by atoms with Crippen molar-refractivity contribution >= 4 is 11.4 Å². The van der Waals surface area contributed by atoms with Crippen LogP contribution in [0.5, 0.6) is 5.75 Å². The maximum Gasteiger partial charge on any atom is 0.144 e. The van der Waals surface area contributed by atoms with Crippen LogP contribution in [0.1, 0.15) is 32.6 Å². The predicted molar refractivity (Wildman–Crippen MR) is 73.9 cm³/mol. The molecule has 18 heavy (non-hydrogen) atoms. The van der Waals surface area contributed by atoms with Crippen molar-refractivity contribution in [2.24, 2.45) is 0 Å². The Kier molecular flexibility index (Phi) is 3.97. The highest BCUT2D eigenvalue weighted by atomic mass is 16.5. The van der Waals surface area contributed by atoms with Gasteiger partial charge in [-0.3, -0.25) is 0 Å². The second kappa shape index (κ2) is 5.48. The maximum absolute atomic E-state index is 10.0. The molecule has 4 N–H and O–H groups in total.